The molecular weight excluding hydrogens is 1280 g/mol. The Hall–Kier alpha value is -5.27. The van der Waals surface area contributed by atoms with E-state index in [-0.39, 0.29) is 99.8 Å². The number of halogens is 5. The van der Waals surface area contributed by atoms with E-state index in [2.05, 4.69) is 31.9 Å². The molecule has 3 saturated carbocycles. The zero-order valence-electron chi connectivity index (χ0n) is 56.9. The van der Waals surface area contributed by atoms with Crippen molar-refractivity contribution in [1.82, 2.24) is 55.1 Å². The van der Waals surface area contributed by atoms with Gasteiger partial charge in [-0.2, -0.15) is 13.2 Å². The summed E-state index contributed by atoms with van der Waals surface area (Å²) in [5.74, 6) is -9.60. The largest absolute Gasteiger partial charge is 0.393 e. The minimum absolute atomic E-state index is 0.0107. The van der Waals surface area contributed by atoms with E-state index in [1.807, 2.05) is 20.8 Å². The molecule has 1 spiro atoms. The minimum Gasteiger partial charge on any atom is -0.343 e. The Morgan fingerprint density at radius 2 is 1.25 bits per heavy atom. The number of carbonyl (C=O) groups excluding carboxylic acids is 11. The maximum absolute atomic E-state index is 15.1. The second-order valence-corrected chi connectivity index (χ2v) is 30.0. The fraction of sp³-hybridized carbons (Fsp3) is 0.831. The number of rotatable bonds is 10. The van der Waals surface area contributed by atoms with E-state index >= 15 is 9.59 Å². The predicted octanol–water partition coefficient (Wildman–Crippen LogP) is 5.94. The van der Waals surface area contributed by atoms with Crippen LogP contribution in [0.3, 0.4) is 0 Å². The highest BCUT2D eigenvalue weighted by molar-refractivity contribution is 9.09. The van der Waals surface area contributed by atoms with Gasteiger partial charge in [0.05, 0.1) is 25.6 Å². The standard InChI is InChI=1S/C65H106BrClF3N11O11/c1-15-40(6)55-61(90)76(10)36-53(84)74(8)37-54(85)79(13)50(34-43-20-18-21-44(66)32-43)60(89)75(9)35-51(82)71-47(26-24-42-23-25-45(46(67)33-42)65(68,69)70)59(88)81-29-19-22-48(81)58(87)73-64(27-16-17-28-64)63(92)80(14)56(39(4)5)62(91)77(11)41(7)31-52(83)78(12)49(30-38(2)3)57(86)72-55/h38-50,55-56H,15-37H2,1-14H3,(H,71,82)(H,72,86)(H,73,87)/t40-,41+,42?,43?,44?,45?,46?,47-,48-,49-,50-,55-,56-/m0/s1. The van der Waals surface area contributed by atoms with Crippen LogP contribution in [0.4, 0.5) is 13.2 Å². The molecule has 92 heavy (non-hydrogen) atoms. The Bertz CT molecular complexity index is 2630. The van der Waals surface area contributed by atoms with Crippen molar-refractivity contribution in [3.8, 4) is 0 Å². The Labute approximate surface area is 556 Å². The van der Waals surface area contributed by atoms with Crippen LogP contribution in [0.15, 0.2) is 0 Å². The first-order chi connectivity index (χ1) is 42.9. The van der Waals surface area contributed by atoms with Crippen molar-refractivity contribution in [2.75, 3.05) is 75.5 Å². The average molecular weight is 1390 g/mol. The monoisotopic (exact) mass is 1390 g/mol. The lowest BCUT2D eigenvalue weighted by atomic mass is 9.78. The molecule has 2 saturated heterocycles. The van der Waals surface area contributed by atoms with Gasteiger partial charge in [0.1, 0.15) is 41.8 Å². The molecule has 2 aliphatic heterocycles. The first kappa shape index (κ1) is 77.4. The third kappa shape index (κ3) is 19.9. The molecule has 5 fully saturated rings. The summed E-state index contributed by atoms with van der Waals surface area (Å²) in [6.45, 7) is 11.2. The molecule has 5 unspecified atom stereocenters. The summed E-state index contributed by atoms with van der Waals surface area (Å²) >= 11 is 10.1. The van der Waals surface area contributed by atoms with Crippen molar-refractivity contribution < 1.29 is 65.9 Å². The third-order valence-corrected chi connectivity index (χ3v) is 21.6. The van der Waals surface area contributed by atoms with E-state index in [9.17, 15) is 56.3 Å². The Balaban J connectivity index is 1.55. The van der Waals surface area contributed by atoms with Crippen LogP contribution in [-0.2, 0) is 52.7 Å². The average Bonchev–Trinajstić information content (AvgIpc) is 1.50. The molecule has 11 amide bonds. The second kappa shape index (κ2) is 33.9. The van der Waals surface area contributed by atoms with Crippen molar-refractivity contribution >= 4 is 92.5 Å². The van der Waals surface area contributed by atoms with Crippen LogP contribution < -0.4 is 16.0 Å². The molecule has 522 valence electrons. The molecule has 13 atom stereocenters. The van der Waals surface area contributed by atoms with Crippen LogP contribution >= 0.6 is 27.5 Å². The summed E-state index contributed by atoms with van der Waals surface area (Å²) in [5.41, 5.74) is -1.48. The molecule has 22 nitrogen and oxygen atoms in total. The van der Waals surface area contributed by atoms with Gasteiger partial charge in [-0.1, -0.05) is 89.6 Å². The van der Waals surface area contributed by atoms with E-state index < -0.39 is 162 Å². The Morgan fingerprint density at radius 1 is 0.630 bits per heavy atom. The Morgan fingerprint density at radius 3 is 1.84 bits per heavy atom. The smallest absolute Gasteiger partial charge is 0.343 e. The minimum atomic E-state index is -4.50. The number of likely N-dealkylation sites (N-methyl/N-ethyl adjacent to an activating group) is 7. The van der Waals surface area contributed by atoms with Gasteiger partial charge in [0.15, 0.2) is 0 Å². The third-order valence-electron chi connectivity index (χ3n) is 20.3. The van der Waals surface area contributed by atoms with Crippen molar-refractivity contribution in [2.45, 2.75) is 235 Å². The summed E-state index contributed by atoms with van der Waals surface area (Å²) in [4.78, 5) is 171. The van der Waals surface area contributed by atoms with Crippen LogP contribution in [0.5, 0.6) is 0 Å². The molecule has 0 aromatic carbocycles. The van der Waals surface area contributed by atoms with Gasteiger partial charge in [0.2, 0.25) is 65.0 Å². The van der Waals surface area contributed by atoms with Gasteiger partial charge < -0.3 is 55.1 Å². The summed E-state index contributed by atoms with van der Waals surface area (Å²) in [5, 5.41) is 7.55. The van der Waals surface area contributed by atoms with Crippen LogP contribution in [0, 0.1) is 35.5 Å². The summed E-state index contributed by atoms with van der Waals surface area (Å²) in [6, 6.07) is -7.57. The molecular formula is C65H106BrClF3N11O11. The molecule has 0 radical (unpaired) electrons. The lowest BCUT2D eigenvalue weighted by molar-refractivity contribution is -0.182. The Kier molecular flexibility index (Phi) is 28.5. The number of carbonyl (C=O) groups is 11. The highest BCUT2D eigenvalue weighted by Crippen LogP contribution is 2.44. The quantitative estimate of drug-likeness (QED) is 0.216. The number of nitrogens with one attached hydrogen (secondary N) is 3. The first-order valence-electron chi connectivity index (χ1n) is 33.3. The number of alkyl halides is 5. The maximum atomic E-state index is 15.1. The number of amides is 11. The highest BCUT2D eigenvalue weighted by atomic mass is 79.9. The van der Waals surface area contributed by atoms with Gasteiger partial charge in [0.25, 0.3) is 0 Å². The van der Waals surface area contributed by atoms with Crippen LogP contribution in [0.1, 0.15) is 170 Å². The zero-order valence-corrected chi connectivity index (χ0v) is 59.2. The van der Waals surface area contributed by atoms with Crippen LogP contribution in [-0.4, -0.2) is 244 Å². The first-order valence-corrected chi connectivity index (χ1v) is 34.7. The lowest BCUT2D eigenvalue weighted by Gasteiger charge is -2.41. The molecule has 3 aliphatic carbocycles. The molecule has 5 rings (SSSR count). The van der Waals surface area contributed by atoms with Crippen molar-refractivity contribution in [2.24, 2.45) is 35.5 Å². The summed E-state index contributed by atoms with van der Waals surface area (Å²) in [6.07, 6.45) is 1.62. The van der Waals surface area contributed by atoms with Gasteiger partial charge in [-0.15, -0.1) is 11.6 Å². The summed E-state index contributed by atoms with van der Waals surface area (Å²) < 4.78 is 41.8. The maximum Gasteiger partial charge on any atom is 0.393 e. The van der Waals surface area contributed by atoms with E-state index in [4.69, 9.17) is 11.6 Å². The predicted molar refractivity (Wildman–Crippen MR) is 346 cm³/mol. The molecule has 5 aliphatic rings. The van der Waals surface area contributed by atoms with Crippen molar-refractivity contribution in [3.63, 3.8) is 0 Å². The second-order valence-electron chi connectivity index (χ2n) is 28.2. The van der Waals surface area contributed by atoms with Crippen LogP contribution in [0.2, 0.25) is 0 Å². The lowest BCUT2D eigenvalue weighted by Crippen LogP contribution is -2.64. The van der Waals surface area contributed by atoms with E-state index in [1.54, 1.807) is 27.7 Å². The molecule has 0 bridgehead atoms. The van der Waals surface area contributed by atoms with Gasteiger partial charge in [-0.3, -0.25) is 52.7 Å². The van der Waals surface area contributed by atoms with Crippen LogP contribution in [0.25, 0.3) is 0 Å². The van der Waals surface area contributed by atoms with Gasteiger partial charge >= 0.3 is 6.18 Å². The molecule has 0 aromatic heterocycles. The fourth-order valence-corrected chi connectivity index (χ4v) is 15.6. The van der Waals surface area contributed by atoms with Crippen molar-refractivity contribution in [3.05, 3.63) is 0 Å². The van der Waals surface area contributed by atoms with E-state index in [1.165, 1.54) is 78.7 Å². The zero-order chi connectivity index (χ0) is 69.0. The molecule has 3 N–H and O–H groups in total. The van der Waals surface area contributed by atoms with Gasteiger partial charge in [-0.25, -0.2) is 0 Å². The molecule has 27 heteroatoms. The topological polar surface area (TPSA) is 250 Å². The highest BCUT2D eigenvalue weighted by Gasteiger charge is 2.51. The van der Waals surface area contributed by atoms with Gasteiger partial charge in [-0.05, 0) is 120 Å². The molecule has 0 aromatic rings. The van der Waals surface area contributed by atoms with E-state index in [0.29, 0.717) is 32.1 Å². The van der Waals surface area contributed by atoms with Crippen molar-refractivity contribution in [1.29, 1.82) is 0 Å². The molecule has 2 heterocycles. The number of hydrogen-bond donors (Lipinski definition) is 3. The number of hydrogen-bond acceptors (Lipinski definition) is 11. The normalized spacial score (nSPS) is 31.0. The number of nitrogens with zero attached hydrogens (tertiary/aromatic N) is 8. The van der Waals surface area contributed by atoms with Gasteiger partial charge in [0, 0.05) is 78.5 Å². The SMILES string of the molecule is CC[C@H](C)[C@@H]1NC(=O)[C@H](CC(C)C)N(C)C(=O)C[C@@H](C)N(C)C(=O)[C@H](C(C)C)N(C)C(=O)C2(CCCC2)NC(=O)[C@@H]2CCCN2C(=O)[C@H](CCC2CCC(C(F)(F)F)C(Cl)C2)NC(=O)CN(C)C(=O)[C@H](CC2CCCC(Br)C2)N(C)C(=O)CN(C)C(=O)CN(C)C1=O. The summed E-state index contributed by atoms with van der Waals surface area (Å²) in [7, 11) is 10.2. The van der Waals surface area contributed by atoms with E-state index in [0.717, 1.165) is 29.1 Å². The fourth-order valence-electron chi connectivity index (χ4n) is 14.2. The number of fused-ring (bicyclic) bond motifs is 1.